The van der Waals surface area contributed by atoms with Crippen LogP contribution in [-0.4, -0.2) is 17.8 Å². The Morgan fingerprint density at radius 3 is 1.95 bits per heavy atom. The normalized spacial score (nSPS) is 16.1. The fraction of sp³-hybridized carbons (Fsp3) is 0.417. The van der Waals surface area contributed by atoms with Gasteiger partial charge in [0, 0.05) is 6.54 Å². The van der Waals surface area contributed by atoms with Gasteiger partial charge in [0.05, 0.1) is 5.38 Å². The zero-order valence-corrected chi connectivity index (χ0v) is 10.7. The number of hydrogen-bond donors (Lipinski definition) is 1. The van der Waals surface area contributed by atoms with Gasteiger partial charge >= 0.3 is 0 Å². The van der Waals surface area contributed by atoms with Crippen molar-refractivity contribution >= 4 is 17.5 Å². The summed E-state index contributed by atoms with van der Waals surface area (Å²) in [5, 5.41) is 1.64. The van der Waals surface area contributed by atoms with Crippen molar-refractivity contribution in [2.24, 2.45) is 5.92 Å². The van der Waals surface area contributed by atoms with Gasteiger partial charge in [0.1, 0.15) is 5.56 Å². The van der Waals surface area contributed by atoms with E-state index >= 15 is 0 Å². The predicted molar refractivity (Wildman–Crippen MR) is 60.9 cm³/mol. The molecule has 0 radical (unpaired) electrons. The number of rotatable bonds is 4. The average molecular weight is 314 g/mol. The van der Waals surface area contributed by atoms with Crippen molar-refractivity contribution in [1.82, 2.24) is 5.32 Å². The van der Waals surface area contributed by atoms with Crippen LogP contribution in [0.3, 0.4) is 0 Å². The van der Waals surface area contributed by atoms with Crippen molar-refractivity contribution in [2.45, 2.75) is 18.2 Å². The molecule has 1 aliphatic rings. The highest BCUT2D eigenvalue weighted by Crippen LogP contribution is 2.35. The fourth-order valence-corrected chi connectivity index (χ4v) is 2.04. The van der Waals surface area contributed by atoms with Crippen LogP contribution in [0.1, 0.15) is 23.2 Å². The van der Waals surface area contributed by atoms with Crippen LogP contribution in [0.15, 0.2) is 0 Å². The van der Waals surface area contributed by atoms with Crippen LogP contribution in [0.25, 0.3) is 0 Å². The molecule has 0 bridgehead atoms. The van der Waals surface area contributed by atoms with E-state index in [9.17, 15) is 26.7 Å². The van der Waals surface area contributed by atoms with E-state index in [1.165, 1.54) is 0 Å². The summed E-state index contributed by atoms with van der Waals surface area (Å²) in [6.45, 7) is -0.107. The van der Waals surface area contributed by atoms with Crippen LogP contribution in [0.5, 0.6) is 0 Å². The van der Waals surface area contributed by atoms with E-state index in [4.69, 9.17) is 11.6 Å². The van der Waals surface area contributed by atoms with Gasteiger partial charge in [-0.25, -0.2) is 22.0 Å². The largest absolute Gasteiger partial charge is 0.350 e. The number of alkyl halides is 1. The molecule has 20 heavy (non-hydrogen) atoms. The third-order valence-corrected chi connectivity index (χ3v) is 3.54. The highest BCUT2D eigenvalue weighted by atomic mass is 35.5. The Morgan fingerprint density at radius 1 is 1.05 bits per heavy atom. The molecule has 1 aromatic carbocycles. The Kier molecular flexibility index (Phi) is 4.17. The van der Waals surface area contributed by atoms with Gasteiger partial charge < -0.3 is 5.32 Å². The second-order valence-electron chi connectivity index (χ2n) is 4.51. The molecule has 1 aliphatic carbocycles. The molecule has 0 aromatic heterocycles. The molecule has 2 nitrogen and oxygen atoms in total. The number of amides is 1. The third-order valence-electron chi connectivity index (χ3n) is 3.03. The number of carbonyl (C=O) groups excluding carboxylic acids is 1. The lowest BCUT2D eigenvalue weighted by Gasteiger charge is -2.11. The number of hydrogen-bond acceptors (Lipinski definition) is 1. The first-order valence-electron chi connectivity index (χ1n) is 5.78. The lowest BCUT2D eigenvalue weighted by molar-refractivity contribution is 0.0941. The molecule has 110 valence electrons. The summed E-state index contributed by atoms with van der Waals surface area (Å²) in [6, 6.07) is 0. The minimum Gasteiger partial charge on any atom is -0.350 e. The molecule has 1 amide bonds. The maximum atomic E-state index is 13.3. The monoisotopic (exact) mass is 313 g/mol. The first-order valence-corrected chi connectivity index (χ1v) is 6.22. The maximum Gasteiger partial charge on any atom is 0.257 e. The second-order valence-corrected chi connectivity index (χ2v) is 5.07. The molecule has 0 saturated heterocycles. The van der Waals surface area contributed by atoms with Crippen LogP contribution in [0, 0.1) is 35.0 Å². The van der Waals surface area contributed by atoms with Crippen LogP contribution < -0.4 is 5.32 Å². The zero-order valence-electron chi connectivity index (χ0n) is 9.95. The molecule has 2 rings (SSSR count). The standard InChI is InChI=1S/C12H9ClF5NO/c13-5(4-1-2-4)3-19-12(20)6-7(14)9(16)11(18)10(17)8(6)15/h4-5H,1-3H2,(H,19,20). The van der Waals surface area contributed by atoms with E-state index in [1.54, 1.807) is 0 Å². The minimum atomic E-state index is -2.30. The predicted octanol–water partition coefficient (Wildman–Crippen LogP) is 3.13. The Hall–Kier alpha value is -1.37. The lowest BCUT2D eigenvalue weighted by atomic mass is 10.1. The van der Waals surface area contributed by atoms with Crippen molar-refractivity contribution in [2.75, 3.05) is 6.54 Å². The van der Waals surface area contributed by atoms with Gasteiger partial charge in [-0.2, -0.15) is 0 Å². The molecule has 1 N–H and O–H groups in total. The first kappa shape index (κ1) is 15.0. The van der Waals surface area contributed by atoms with Crippen molar-refractivity contribution in [3.63, 3.8) is 0 Å². The van der Waals surface area contributed by atoms with Crippen LogP contribution in [0.2, 0.25) is 0 Å². The van der Waals surface area contributed by atoms with Gasteiger partial charge in [-0.3, -0.25) is 4.79 Å². The van der Waals surface area contributed by atoms with Gasteiger partial charge in [0.15, 0.2) is 23.3 Å². The Bertz CT molecular complexity index is 532. The number of nitrogens with one attached hydrogen (secondary N) is 1. The molecule has 8 heteroatoms. The summed E-state index contributed by atoms with van der Waals surface area (Å²) in [4.78, 5) is 11.5. The first-order chi connectivity index (χ1) is 9.34. The quantitative estimate of drug-likeness (QED) is 0.393. The van der Waals surface area contributed by atoms with Gasteiger partial charge in [-0.15, -0.1) is 11.6 Å². The molecule has 0 heterocycles. The molecule has 1 unspecified atom stereocenters. The summed E-state index contributed by atoms with van der Waals surface area (Å²) in [7, 11) is 0. The van der Waals surface area contributed by atoms with Gasteiger partial charge in [-0.05, 0) is 18.8 Å². The van der Waals surface area contributed by atoms with Gasteiger partial charge in [-0.1, -0.05) is 0 Å². The number of benzene rings is 1. The summed E-state index contributed by atoms with van der Waals surface area (Å²) in [5.41, 5.74) is -1.50. The van der Waals surface area contributed by atoms with E-state index in [2.05, 4.69) is 5.32 Å². The number of halogens is 6. The van der Waals surface area contributed by atoms with Crippen LogP contribution in [-0.2, 0) is 0 Å². The topological polar surface area (TPSA) is 29.1 Å². The van der Waals surface area contributed by atoms with Crippen molar-refractivity contribution in [1.29, 1.82) is 0 Å². The zero-order chi connectivity index (χ0) is 15.0. The molecule has 0 spiro atoms. The highest BCUT2D eigenvalue weighted by molar-refractivity contribution is 6.21. The summed E-state index contributed by atoms with van der Waals surface area (Å²) in [5.74, 6) is -12.1. The molecule has 1 saturated carbocycles. The molecule has 1 atom stereocenters. The molecule has 1 fully saturated rings. The SMILES string of the molecule is O=C(NCC(Cl)C1CC1)c1c(F)c(F)c(F)c(F)c1F. The van der Waals surface area contributed by atoms with Crippen LogP contribution >= 0.6 is 11.6 Å². The Labute approximate surface area is 115 Å². The minimum absolute atomic E-state index is 0.107. The summed E-state index contributed by atoms with van der Waals surface area (Å²) in [6.07, 6.45) is 1.76. The summed E-state index contributed by atoms with van der Waals surface area (Å²) < 4.78 is 65.3. The molecular formula is C12H9ClF5NO. The average Bonchev–Trinajstić information content (AvgIpc) is 3.25. The molecule has 0 aliphatic heterocycles. The maximum absolute atomic E-state index is 13.3. The fourth-order valence-electron chi connectivity index (χ4n) is 1.71. The lowest BCUT2D eigenvalue weighted by Crippen LogP contribution is -2.32. The Morgan fingerprint density at radius 2 is 1.50 bits per heavy atom. The Balaban J connectivity index is 2.20. The summed E-state index contributed by atoms with van der Waals surface area (Å²) >= 11 is 5.87. The van der Waals surface area contributed by atoms with Gasteiger partial charge in [0.25, 0.3) is 5.91 Å². The van der Waals surface area contributed by atoms with Crippen molar-refractivity contribution < 1.29 is 26.7 Å². The van der Waals surface area contributed by atoms with E-state index < -0.39 is 45.9 Å². The smallest absolute Gasteiger partial charge is 0.257 e. The van der Waals surface area contributed by atoms with E-state index in [0.29, 0.717) is 0 Å². The van der Waals surface area contributed by atoms with E-state index in [-0.39, 0.29) is 12.5 Å². The van der Waals surface area contributed by atoms with Crippen molar-refractivity contribution in [3.05, 3.63) is 34.6 Å². The second kappa shape index (κ2) is 5.55. The van der Waals surface area contributed by atoms with E-state index in [1.807, 2.05) is 0 Å². The van der Waals surface area contributed by atoms with Crippen molar-refractivity contribution in [3.8, 4) is 0 Å². The number of carbonyl (C=O) groups is 1. The molecule has 1 aromatic rings. The van der Waals surface area contributed by atoms with E-state index in [0.717, 1.165) is 12.8 Å². The third kappa shape index (κ3) is 2.72. The highest BCUT2D eigenvalue weighted by Gasteiger charge is 2.32. The van der Waals surface area contributed by atoms with Gasteiger partial charge in [0.2, 0.25) is 5.82 Å². The van der Waals surface area contributed by atoms with Crippen LogP contribution in [0.4, 0.5) is 22.0 Å². The molecular weight excluding hydrogens is 305 g/mol.